The minimum atomic E-state index is -0.576. The lowest BCUT2D eigenvalue weighted by molar-refractivity contribution is -0.120. The van der Waals surface area contributed by atoms with Gasteiger partial charge in [-0.15, -0.1) is 5.10 Å². The molecule has 0 bridgehead atoms. The summed E-state index contributed by atoms with van der Waals surface area (Å²) in [5.41, 5.74) is 10.6. The molecule has 7 nitrogen and oxygen atoms in total. The molecule has 1 amide bonds. The number of aryl methyl sites for hydroxylation is 3. The monoisotopic (exact) mass is 329 g/mol. The second kappa shape index (κ2) is 6.33. The molecule has 0 saturated carbocycles. The third kappa shape index (κ3) is 2.81. The molecule has 0 aliphatic carbocycles. The molecular weight excluding hydrogens is 306 g/mol. The average Bonchev–Trinajstić information content (AvgIpc) is 3.13. The van der Waals surface area contributed by atoms with Crippen LogP contribution >= 0.6 is 0 Å². The van der Waals surface area contributed by atoms with Gasteiger partial charge >= 0.3 is 0 Å². The molecule has 1 aromatic heterocycles. The average molecular weight is 329 g/mol. The maximum atomic E-state index is 12.9. The third-order valence-corrected chi connectivity index (χ3v) is 4.51. The van der Waals surface area contributed by atoms with Crippen LogP contribution in [0.5, 0.6) is 0 Å². The Balaban J connectivity index is 1.87. The Labute approximate surface area is 141 Å². The summed E-state index contributed by atoms with van der Waals surface area (Å²) in [6, 6.07) is 3.23. The minimum absolute atomic E-state index is 0.0130. The number of aliphatic hydroxyl groups is 1. The van der Waals surface area contributed by atoms with Crippen molar-refractivity contribution in [2.75, 3.05) is 18.1 Å². The largest absolute Gasteiger partial charge is 0.394 e. The number of carbonyl (C=O) groups is 1. The van der Waals surface area contributed by atoms with Crippen LogP contribution in [0.15, 0.2) is 18.3 Å². The molecule has 2 heterocycles. The maximum Gasteiger partial charge on any atom is 0.251 e. The summed E-state index contributed by atoms with van der Waals surface area (Å²) in [6.07, 6.45) is 2.32. The van der Waals surface area contributed by atoms with E-state index in [2.05, 4.69) is 29.4 Å². The van der Waals surface area contributed by atoms with E-state index in [0.717, 1.165) is 16.8 Å². The zero-order valence-corrected chi connectivity index (χ0v) is 14.2. The van der Waals surface area contributed by atoms with Gasteiger partial charge < -0.3 is 15.7 Å². The van der Waals surface area contributed by atoms with Crippen molar-refractivity contribution in [1.29, 1.82) is 0 Å². The van der Waals surface area contributed by atoms with E-state index >= 15 is 0 Å². The number of carbonyl (C=O) groups excluding carboxylic acids is 1. The second-order valence-electron chi connectivity index (χ2n) is 6.45. The number of anilines is 1. The van der Waals surface area contributed by atoms with Gasteiger partial charge in [0.2, 0.25) is 0 Å². The van der Waals surface area contributed by atoms with Crippen molar-refractivity contribution in [2.45, 2.75) is 39.3 Å². The van der Waals surface area contributed by atoms with Gasteiger partial charge in [0.15, 0.2) is 0 Å². The van der Waals surface area contributed by atoms with Crippen molar-refractivity contribution in [3.63, 3.8) is 0 Å². The van der Waals surface area contributed by atoms with E-state index in [0.29, 0.717) is 18.7 Å². The van der Waals surface area contributed by atoms with E-state index in [4.69, 9.17) is 10.8 Å². The lowest BCUT2D eigenvalue weighted by Crippen LogP contribution is -2.29. The number of rotatable bonds is 4. The van der Waals surface area contributed by atoms with Gasteiger partial charge in [-0.3, -0.25) is 4.79 Å². The number of aromatic nitrogens is 3. The van der Waals surface area contributed by atoms with Crippen LogP contribution in [0.2, 0.25) is 0 Å². The Morgan fingerprint density at radius 1 is 1.33 bits per heavy atom. The van der Waals surface area contributed by atoms with Crippen LogP contribution in [-0.4, -0.2) is 39.2 Å². The second-order valence-corrected chi connectivity index (χ2v) is 6.45. The maximum absolute atomic E-state index is 12.9. The first kappa shape index (κ1) is 16.6. The summed E-state index contributed by atoms with van der Waals surface area (Å²) in [5, 5.41) is 17.1. The molecule has 0 radical (unpaired) electrons. The van der Waals surface area contributed by atoms with Gasteiger partial charge in [0.05, 0.1) is 18.8 Å². The van der Waals surface area contributed by atoms with Gasteiger partial charge in [-0.2, -0.15) is 0 Å². The molecule has 1 fully saturated rings. The van der Waals surface area contributed by atoms with Crippen LogP contribution in [0.25, 0.3) is 0 Å². The molecule has 1 aliphatic rings. The molecule has 2 unspecified atom stereocenters. The highest BCUT2D eigenvalue weighted by Crippen LogP contribution is 2.33. The SMILES string of the molecule is Cc1cc(C)c(N2CCC(n3cc(C(N)CO)nn3)C2=O)c(C)c1. The summed E-state index contributed by atoms with van der Waals surface area (Å²) >= 11 is 0. The number of nitrogens with two attached hydrogens (primary N) is 1. The number of amides is 1. The van der Waals surface area contributed by atoms with E-state index in [1.807, 2.05) is 18.7 Å². The first-order chi connectivity index (χ1) is 11.4. The predicted molar refractivity (Wildman–Crippen MR) is 90.7 cm³/mol. The normalized spacial score (nSPS) is 19.1. The molecule has 7 heteroatoms. The fourth-order valence-corrected chi connectivity index (χ4v) is 3.44. The molecule has 1 aliphatic heterocycles. The topological polar surface area (TPSA) is 97.3 Å². The highest BCUT2D eigenvalue weighted by Gasteiger charge is 2.36. The van der Waals surface area contributed by atoms with E-state index in [1.165, 1.54) is 5.56 Å². The first-order valence-electron chi connectivity index (χ1n) is 8.09. The van der Waals surface area contributed by atoms with Crippen LogP contribution in [0.1, 0.15) is 40.9 Å². The zero-order valence-electron chi connectivity index (χ0n) is 14.2. The quantitative estimate of drug-likeness (QED) is 0.877. The van der Waals surface area contributed by atoms with Crippen LogP contribution in [0.3, 0.4) is 0 Å². The van der Waals surface area contributed by atoms with E-state index in [-0.39, 0.29) is 18.6 Å². The van der Waals surface area contributed by atoms with Crippen LogP contribution in [-0.2, 0) is 4.79 Å². The number of benzene rings is 1. The van der Waals surface area contributed by atoms with E-state index < -0.39 is 6.04 Å². The summed E-state index contributed by atoms with van der Waals surface area (Å²) in [7, 11) is 0. The molecule has 0 spiro atoms. The van der Waals surface area contributed by atoms with Crippen LogP contribution in [0.4, 0.5) is 5.69 Å². The summed E-state index contributed by atoms with van der Waals surface area (Å²) < 4.78 is 1.56. The van der Waals surface area contributed by atoms with Gasteiger partial charge in [-0.1, -0.05) is 22.9 Å². The van der Waals surface area contributed by atoms with Crippen LogP contribution in [0, 0.1) is 20.8 Å². The van der Waals surface area contributed by atoms with E-state index in [1.54, 1.807) is 10.9 Å². The van der Waals surface area contributed by atoms with Gasteiger partial charge in [0, 0.05) is 12.2 Å². The molecule has 128 valence electrons. The molecule has 1 saturated heterocycles. The molecule has 24 heavy (non-hydrogen) atoms. The summed E-state index contributed by atoms with van der Waals surface area (Å²) in [6.45, 7) is 6.56. The Hall–Kier alpha value is -2.25. The van der Waals surface area contributed by atoms with Crippen molar-refractivity contribution in [3.05, 3.63) is 40.7 Å². The third-order valence-electron chi connectivity index (χ3n) is 4.51. The molecule has 1 aromatic carbocycles. The van der Waals surface area contributed by atoms with Gasteiger partial charge in [-0.05, 0) is 38.3 Å². The molecular formula is C17H23N5O2. The Morgan fingerprint density at radius 2 is 2.00 bits per heavy atom. The first-order valence-corrected chi connectivity index (χ1v) is 8.09. The van der Waals surface area contributed by atoms with Crippen molar-refractivity contribution >= 4 is 11.6 Å². The Morgan fingerprint density at radius 3 is 2.62 bits per heavy atom. The van der Waals surface area contributed by atoms with Crippen molar-refractivity contribution < 1.29 is 9.90 Å². The fourth-order valence-electron chi connectivity index (χ4n) is 3.44. The van der Waals surface area contributed by atoms with Crippen molar-refractivity contribution in [3.8, 4) is 0 Å². The Bertz CT molecular complexity index is 747. The molecule has 2 aromatic rings. The Kier molecular flexibility index (Phi) is 4.38. The lowest BCUT2D eigenvalue weighted by Gasteiger charge is -2.22. The molecule has 3 N–H and O–H groups in total. The summed E-state index contributed by atoms with van der Waals surface area (Å²) in [5.74, 6) is 0.0130. The smallest absolute Gasteiger partial charge is 0.251 e. The van der Waals surface area contributed by atoms with Gasteiger partial charge in [0.25, 0.3) is 5.91 Å². The highest BCUT2D eigenvalue weighted by atomic mass is 16.3. The van der Waals surface area contributed by atoms with Crippen molar-refractivity contribution in [2.24, 2.45) is 5.73 Å². The van der Waals surface area contributed by atoms with Crippen LogP contribution < -0.4 is 10.6 Å². The number of hydrogen-bond donors (Lipinski definition) is 2. The van der Waals surface area contributed by atoms with Gasteiger partial charge in [0.1, 0.15) is 11.7 Å². The summed E-state index contributed by atoms with van der Waals surface area (Å²) in [4.78, 5) is 14.7. The number of hydrogen-bond acceptors (Lipinski definition) is 5. The van der Waals surface area contributed by atoms with Gasteiger partial charge in [-0.25, -0.2) is 4.68 Å². The standard InChI is InChI=1S/C17H23N5O2/c1-10-6-11(2)16(12(3)7-10)21-5-4-15(17(21)24)22-8-14(19-20-22)13(18)9-23/h6-8,13,15,23H,4-5,9,18H2,1-3H3. The number of aliphatic hydroxyl groups excluding tert-OH is 1. The predicted octanol–water partition coefficient (Wildman–Crippen LogP) is 1.17. The zero-order chi connectivity index (χ0) is 17.4. The minimum Gasteiger partial charge on any atom is -0.394 e. The van der Waals surface area contributed by atoms with E-state index in [9.17, 15) is 4.79 Å². The fraction of sp³-hybridized carbons (Fsp3) is 0.471. The molecule has 3 rings (SSSR count). The lowest BCUT2D eigenvalue weighted by atomic mass is 10.0. The number of nitrogens with zero attached hydrogens (tertiary/aromatic N) is 4. The highest BCUT2D eigenvalue weighted by molar-refractivity contribution is 5.99. The van der Waals surface area contributed by atoms with Crippen molar-refractivity contribution in [1.82, 2.24) is 15.0 Å². The molecule has 2 atom stereocenters.